The van der Waals surface area contributed by atoms with E-state index in [1.165, 1.54) is 22.8 Å². The van der Waals surface area contributed by atoms with Gasteiger partial charge in [0.15, 0.2) is 4.80 Å². The van der Waals surface area contributed by atoms with Gasteiger partial charge in [-0.3, -0.25) is 14.2 Å². The van der Waals surface area contributed by atoms with Gasteiger partial charge in [0.25, 0.3) is 5.56 Å². The van der Waals surface area contributed by atoms with Crippen molar-refractivity contribution in [2.24, 2.45) is 4.99 Å². The SMILES string of the molecule is CCOC(=O)C1=C(C)N=c2s/c(=C\c3cn(-c4ccccc4)nc3-c3cccs3)c(=O)n2[C@@H]1c1ccc(OC(C)=O)cc1. The average molecular weight is 611 g/mol. The Morgan fingerprint density at radius 1 is 1.05 bits per heavy atom. The average Bonchev–Trinajstić information content (AvgIpc) is 3.73. The number of aromatic nitrogens is 3. The molecule has 0 spiro atoms. The van der Waals surface area contributed by atoms with E-state index in [2.05, 4.69) is 4.99 Å². The van der Waals surface area contributed by atoms with E-state index in [0.29, 0.717) is 26.3 Å². The van der Waals surface area contributed by atoms with Crippen molar-refractivity contribution in [3.63, 3.8) is 0 Å². The molecule has 9 nitrogen and oxygen atoms in total. The van der Waals surface area contributed by atoms with Crippen LogP contribution in [0.4, 0.5) is 0 Å². The summed E-state index contributed by atoms with van der Waals surface area (Å²) in [6, 6.07) is 19.7. The number of carbonyl (C=O) groups is 2. The van der Waals surface area contributed by atoms with Gasteiger partial charge < -0.3 is 9.47 Å². The van der Waals surface area contributed by atoms with Crippen LogP contribution in [0.2, 0.25) is 0 Å². The number of benzene rings is 2. The highest BCUT2D eigenvalue weighted by Gasteiger charge is 2.33. The number of fused-ring (bicyclic) bond motifs is 1. The summed E-state index contributed by atoms with van der Waals surface area (Å²) in [4.78, 5) is 44.9. The molecule has 3 aromatic heterocycles. The highest BCUT2D eigenvalue weighted by Crippen LogP contribution is 2.32. The van der Waals surface area contributed by atoms with Crippen molar-refractivity contribution >= 4 is 40.7 Å². The molecule has 0 unspecified atom stereocenters. The van der Waals surface area contributed by atoms with Gasteiger partial charge >= 0.3 is 11.9 Å². The Bertz CT molecular complexity index is 2040. The standard InChI is InChI=1S/C32H26N4O5S2/c1-4-40-31(39)27-19(2)33-32-36(29(27)21-12-14-24(15-13-21)41-20(3)37)30(38)26(43-32)17-22-18-35(23-9-6-5-7-10-23)34-28(22)25-11-8-16-42-25/h5-18,29H,4H2,1-3H3/b26-17-/t29-/m1/s1. The number of para-hydroxylation sites is 1. The predicted octanol–water partition coefficient (Wildman–Crippen LogP) is 4.64. The number of rotatable bonds is 7. The molecule has 1 aliphatic rings. The third kappa shape index (κ3) is 5.52. The fraction of sp³-hybridized carbons (Fsp3) is 0.156. The highest BCUT2D eigenvalue weighted by atomic mass is 32.1. The Labute approximate surface area is 254 Å². The van der Waals surface area contributed by atoms with Gasteiger partial charge in [0, 0.05) is 18.7 Å². The zero-order valence-corrected chi connectivity index (χ0v) is 25.1. The molecule has 43 heavy (non-hydrogen) atoms. The summed E-state index contributed by atoms with van der Waals surface area (Å²) in [6.07, 6.45) is 3.73. The molecule has 6 rings (SSSR count). The zero-order chi connectivity index (χ0) is 30.1. The van der Waals surface area contributed by atoms with Crippen molar-refractivity contribution in [3.8, 4) is 22.0 Å². The Hall–Kier alpha value is -4.87. The third-order valence-corrected chi connectivity index (χ3v) is 8.64. The lowest BCUT2D eigenvalue weighted by atomic mass is 9.96. The highest BCUT2D eigenvalue weighted by molar-refractivity contribution is 7.13. The van der Waals surface area contributed by atoms with E-state index in [1.807, 2.05) is 60.1 Å². The first-order valence-corrected chi connectivity index (χ1v) is 15.2. The molecule has 0 N–H and O–H groups in total. The van der Waals surface area contributed by atoms with E-state index < -0.39 is 18.0 Å². The first-order chi connectivity index (χ1) is 20.8. The van der Waals surface area contributed by atoms with Gasteiger partial charge in [0.05, 0.1) is 39.0 Å². The molecule has 0 bridgehead atoms. The van der Waals surface area contributed by atoms with E-state index in [9.17, 15) is 14.4 Å². The van der Waals surface area contributed by atoms with E-state index >= 15 is 0 Å². The second kappa shape index (κ2) is 11.8. The van der Waals surface area contributed by atoms with Crippen molar-refractivity contribution in [1.29, 1.82) is 0 Å². The largest absolute Gasteiger partial charge is 0.463 e. The fourth-order valence-corrected chi connectivity index (χ4v) is 6.71. The summed E-state index contributed by atoms with van der Waals surface area (Å²) < 4.78 is 14.4. The van der Waals surface area contributed by atoms with Crippen LogP contribution in [0.25, 0.3) is 22.3 Å². The number of carbonyl (C=O) groups excluding carboxylic acids is 2. The third-order valence-electron chi connectivity index (χ3n) is 6.78. The molecule has 1 atom stereocenters. The van der Waals surface area contributed by atoms with Crippen molar-refractivity contribution in [2.45, 2.75) is 26.8 Å². The minimum Gasteiger partial charge on any atom is -0.463 e. The molecular formula is C32H26N4O5S2. The number of hydrogen-bond donors (Lipinski definition) is 0. The number of hydrogen-bond acceptors (Lipinski definition) is 9. The van der Waals surface area contributed by atoms with Crippen molar-refractivity contribution < 1.29 is 19.1 Å². The van der Waals surface area contributed by atoms with Gasteiger partial charge in [-0.2, -0.15) is 5.10 Å². The second-order valence-corrected chi connectivity index (χ2v) is 11.6. The maximum Gasteiger partial charge on any atom is 0.338 e. The first kappa shape index (κ1) is 28.3. The minimum atomic E-state index is -0.785. The van der Waals surface area contributed by atoms with Crippen LogP contribution in [-0.4, -0.2) is 32.9 Å². The van der Waals surface area contributed by atoms with Crippen molar-refractivity contribution in [3.05, 3.63) is 120 Å². The molecule has 11 heteroatoms. The molecule has 1 aliphatic heterocycles. The van der Waals surface area contributed by atoms with Gasteiger partial charge in [0.1, 0.15) is 11.4 Å². The molecule has 2 aromatic carbocycles. The van der Waals surface area contributed by atoms with Crippen LogP contribution >= 0.6 is 22.7 Å². The monoisotopic (exact) mass is 610 g/mol. The summed E-state index contributed by atoms with van der Waals surface area (Å²) >= 11 is 2.82. The summed E-state index contributed by atoms with van der Waals surface area (Å²) in [5.41, 5.74) is 3.53. The number of allylic oxidation sites excluding steroid dienone is 1. The van der Waals surface area contributed by atoms with Crippen LogP contribution in [0.1, 0.15) is 37.9 Å². The molecule has 0 radical (unpaired) electrons. The lowest BCUT2D eigenvalue weighted by Crippen LogP contribution is -2.39. The molecule has 216 valence electrons. The molecule has 0 amide bonds. The number of nitrogens with zero attached hydrogens (tertiary/aromatic N) is 4. The fourth-order valence-electron chi connectivity index (χ4n) is 4.94. The second-order valence-electron chi connectivity index (χ2n) is 9.66. The summed E-state index contributed by atoms with van der Waals surface area (Å²) in [5.74, 6) is -0.629. The smallest absolute Gasteiger partial charge is 0.338 e. The van der Waals surface area contributed by atoms with E-state index in [4.69, 9.17) is 14.6 Å². The first-order valence-electron chi connectivity index (χ1n) is 13.5. The number of ether oxygens (including phenoxy) is 2. The Morgan fingerprint density at radius 3 is 2.49 bits per heavy atom. The van der Waals surface area contributed by atoms with Gasteiger partial charge in [-0.15, -0.1) is 11.3 Å². The quantitative estimate of drug-likeness (QED) is 0.197. The minimum absolute atomic E-state index is 0.176. The molecular weight excluding hydrogens is 585 g/mol. The molecule has 0 saturated carbocycles. The normalized spacial score (nSPS) is 14.8. The van der Waals surface area contributed by atoms with Gasteiger partial charge in [-0.05, 0) is 61.2 Å². The lowest BCUT2D eigenvalue weighted by molar-refractivity contribution is -0.139. The van der Waals surface area contributed by atoms with Crippen LogP contribution in [-0.2, 0) is 14.3 Å². The molecule has 4 heterocycles. The maximum absolute atomic E-state index is 14.1. The zero-order valence-electron chi connectivity index (χ0n) is 23.5. The number of esters is 2. The van der Waals surface area contributed by atoms with E-state index in [1.54, 1.807) is 54.1 Å². The van der Waals surface area contributed by atoms with Gasteiger partial charge in [-0.25, -0.2) is 14.5 Å². The van der Waals surface area contributed by atoms with Gasteiger partial charge in [0.2, 0.25) is 0 Å². The molecule has 0 aliphatic carbocycles. The van der Waals surface area contributed by atoms with E-state index in [-0.39, 0.29) is 17.7 Å². The van der Waals surface area contributed by atoms with E-state index in [0.717, 1.165) is 21.8 Å². The van der Waals surface area contributed by atoms with Crippen LogP contribution in [0.3, 0.4) is 0 Å². The molecule has 0 fully saturated rings. The van der Waals surface area contributed by atoms with Crippen LogP contribution in [0.5, 0.6) is 5.75 Å². The molecule has 0 saturated heterocycles. The van der Waals surface area contributed by atoms with Crippen molar-refractivity contribution in [1.82, 2.24) is 14.3 Å². The Morgan fingerprint density at radius 2 is 1.81 bits per heavy atom. The Kier molecular flexibility index (Phi) is 7.75. The molecule has 5 aromatic rings. The number of thiazole rings is 1. The maximum atomic E-state index is 14.1. The van der Waals surface area contributed by atoms with Crippen LogP contribution in [0, 0.1) is 0 Å². The summed E-state index contributed by atoms with van der Waals surface area (Å²) in [5, 5.41) is 6.84. The van der Waals surface area contributed by atoms with Crippen molar-refractivity contribution in [2.75, 3.05) is 6.61 Å². The van der Waals surface area contributed by atoms with Crippen LogP contribution in [0.15, 0.2) is 99.4 Å². The predicted molar refractivity (Wildman–Crippen MR) is 165 cm³/mol. The summed E-state index contributed by atoms with van der Waals surface area (Å²) in [6.45, 7) is 4.97. The van der Waals surface area contributed by atoms with Crippen LogP contribution < -0.4 is 19.6 Å². The topological polar surface area (TPSA) is 105 Å². The van der Waals surface area contributed by atoms with Gasteiger partial charge in [-0.1, -0.05) is 47.7 Å². The Balaban J connectivity index is 1.52. The lowest BCUT2D eigenvalue weighted by Gasteiger charge is -2.24. The number of thiophene rings is 1. The summed E-state index contributed by atoms with van der Waals surface area (Å²) in [7, 11) is 0.